The molecule has 0 radical (unpaired) electrons. The van der Waals surface area contributed by atoms with Crippen molar-refractivity contribution in [1.82, 2.24) is 0 Å². The molecule has 0 atom stereocenters. The minimum Gasteiger partial charge on any atom is -0.478 e. The molecule has 2 aromatic rings. The minimum absolute atomic E-state index is 0.243. The highest BCUT2D eigenvalue weighted by molar-refractivity contribution is 9.10. The number of nitrogen functional groups attached to an aromatic ring is 1. The maximum atomic E-state index is 13.3. The van der Waals surface area contributed by atoms with Crippen LogP contribution in [-0.2, 0) is 6.54 Å². The van der Waals surface area contributed by atoms with Gasteiger partial charge in [0.25, 0.3) is 0 Å². The van der Waals surface area contributed by atoms with E-state index in [1.807, 2.05) is 11.4 Å². The number of anilines is 2. The Hall–Kier alpha value is -1.60. The van der Waals surface area contributed by atoms with Crippen molar-refractivity contribution in [3.63, 3.8) is 0 Å². The van der Waals surface area contributed by atoms with Crippen molar-refractivity contribution < 1.29 is 14.3 Å². The number of aromatic carboxylic acids is 1. The van der Waals surface area contributed by atoms with Crippen molar-refractivity contribution >= 4 is 44.6 Å². The number of hydrogen-bond acceptors (Lipinski definition) is 4. The summed E-state index contributed by atoms with van der Waals surface area (Å²) in [5.74, 6) is -2.00. The lowest BCUT2D eigenvalue weighted by Crippen LogP contribution is -2.10. The molecule has 1 aromatic carbocycles. The summed E-state index contributed by atoms with van der Waals surface area (Å²) in [6.45, 7) is 0.434. The Bertz CT molecular complexity index is 630. The summed E-state index contributed by atoms with van der Waals surface area (Å²) in [4.78, 5) is 12.1. The molecule has 1 heterocycles. The van der Waals surface area contributed by atoms with Gasteiger partial charge in [0.05, 0.1) is 17.9 Å². The van der Waals surface area contributed by atoms with Crippen LogP contribution in [0.4, 0.5) is 15.8 Å². The molecule has 4 N–H and O–H groups in total. The largest absolute Gasteiger partial charge is 0.478 e. The van der Waals surface area contributed by atoms with Gasteiger partial charge in [-0.15, -0.1) is 11.3 Å². The van der Waals surface area contributed by atoms with E-state index in [-0.39, 0.29) is 11.3 Å². The smallest absolute Gasteiger partial charge is 0.340 e. The Morgan fingerprint density at radius 1 is 1.47 bits per heavy atom. The summed E-state index contributed by atoms with van der Waals surface area (Å²) in [5.41, 5.74) is 5.16. The Balaban J connectivity index is 2.28. The highest BCUT2D eigenvalue weighted by Crippen LogP contribution is 2.28. The number of rotatable bonds is 4. The second kappa shape index (κ2) is 5.58. The van der Waals surface area contributed by atoms with E-state index in [1.54, 1.807) is 0 Å². The molecule has 0 spiro atoms. The van der Waals surface area contributed by atoms with E-state index in [4.69, 9.17) is 10.8 Å². The Morgan fingerprint density at radius 3 is 2.79 bits per heavy atom. The Morgan fingerprint density at radius 2 is 2.21 bits per heavy atom. The van der Waals surface area contributed by atoms with E-state index in [2.05, 4.69) is 21.2 Å². The SMILES string of the molecule is Nc1c(F)ccc(NCc2sccc2Br)c1C(=O)O. The molecule has 19 heavy (non-hydrogen) atoms. The van der Waals surface area contributed by atoms with Crippen LogP contribution >= 0.6 is 27.3 Å². The monoisotopic (exact) mass is 344 g/mol. The number of carboxylic acid groups (broad SMARTS) is 1. The maximum Gasteiger partial charge on any atom is 0.340 e. The summed E-state index contributed by atoms with van der Waals surface area (Å²) in [7, 11) is 0. The summed E-state index contributed by atoms with van der Waals surface area (Å²) in [5, 5.41) is 14.0. The summed E-state index contributed by atoms with van der Waals surface area (Å²) >= 11 is 4.91. The van der Waals surface area contributed by atoms with Crippen molar-refractivity contribution in [2.45, 2.75) is 6.54 Å². The first-order valence-corrected chi connectivity index (χ1v) is 6.95. The number of thiophene rings is 1. The fraction of sp³-hybridized carbons (Fsp3) is 0.0833. The van der Waals surface area contributed by atoms with E-state index in [0.29, 0.717) is 12.2 Å². The molecule has 0 bridgehead atoms. The van der Waals surface area contributed by atoms with Crippen LogP contribution in [0.5, 0.6) is 0 Å². The van der Waals surface area contributed by atoms with E-state index < -0.39 is 11.8 Å². The lowest BCUT2D eigenvalue weighted by Gasteiger charge is -2.11. The van der Waals surface area contributed by atoms with Gasteiger partial charge >= 0.3 is 5.97 Å². The van der Waals surface area contributed by atoms with Gasteiger partial charge in [-0.1, -0.05) is 0 Å². The van der Waals surface area contributed by atoms with E-state index in [1.165, 1.54) is 17.4 Å². The summed E-state index contributed by atoms with van der Waals surface area (Å²) in [6.07, 6.45) is 0. The number of carboxylic acids is 1. The van der Waals surface area contributed by atoms with Crippen LogP contribution in [0, 0.1) is 5.82 Å². The zero-order chi connectivity index (χ0) is 14.0. The lowest BCUT2D eigenvalue weighted by atomic mass is 10.1. The third kappa shape index (κ3) is 2.87. The van der Waals surface area contributed by atoms with Gasteiger partial charge in [0.1, 0.15) is 11.4 Å². The number of benzene rings is 1. The average molecular weight is 345 g/mol. The maximum absolute atomic E-state index is 13.3. The standard InChI is InChI=1S/C12H10BrFN2O2S/c13-6-3-4-19-9(6)5-16-8-2-1-7(14)11(15)10(8)12(17)18/h1-4,16H,5,15H2,(H,17,18). The molecule has 2 rings (SSSR count). The summed E-state index contributed by atoms with van der Waals surface area (Å²) < 4.78 is 14.2. The van der Waals surface area contributed by atoms with Gasteiger partial charge in [0, 0.05) is 9.35 Å². The van der Waals surface area contributed by atoms with Crippen molar-refractivity contribution in [1.29, 1.82) is 0 Å². The number of nitrogens with one attached hydrogen (secondary N) is 1. The third-order valence-corrected chi connectivity index (χ3v) is 4.46. The number of carbonyl (C=O) groups is 1. The highest BCUT2D eigenvalue weighted by Gasteiger charge is 2.17. The van der Waals surface area contributed by atoms with Gasteiger partial charge in [-0.3, -0.25) is 0 Å². The zero-order valence-corrected chi connectivity index (χ0v) is 12.0. The normalized spacial score (nSPS) is 10.4. The molecule has 7 heteroatoms. The number of hydrogen-bond donors (Lipinski definition) is 3. The Kier molecular flexibility index (Phi) is 4.06. The molecular formula is C12H10BrFN2O2S. The minimum atomic E-state index is -1.26. The quantitative estimate of drug-likeness (QED) is 0.741. The molecule has 100 valence electrons. The van der Waals surface area contributed by atoms with Gasteiger partial charge < -0.3 is 16.2 Å². The van der Waals surface area contributed by atoms with Gasteiger partial charge in [-0.25, -0.2) is 9.18 Å². The van der Waals surface area contributed by atoms with Crippen molar-refractivity contribution in [3.8, 4) is 0 Å². The first-order chi connectivity index (χ1) is 9.00. The van der Waals surface area contributed by atoms with E-state index in [9.17, 15) is 9.18 Å². The molecule has 1 aromatic heterocycles. The van der Waals surface area contributed by atoms with Gasteiger partial charge in [0.15, 0.2) is 0 Å². The van der Waals surface area contributed by atoms with E-state index >= 15 is 0 Å². The third-order valence-electron chi connectivity index (χ3n) is 2.54. The highest BCUT2D eigenvalue weighted by atomic mass is 79.9. The molecule has 0 amide bonds. The van der Waals surface area contributed by atoms with Crippen LogP contribution in [0.15, 0.2) is 28.1 Å². The molecule has 0 unspecified atom stereocenters. The topological polar surface area (TPSA) is 75.3 Å². The van der Waals surface area contributed by atoms with Crippen LogP contribution in [0.25, 0.3) is 0 Å². The van der Waals surface area contributed by atoms with Crippen LogP contribution in [0.1, 0.15) is 15.2 Å². The van der Waals surface area contributed by atoms with Gasteiger partial charge in [0.2, 0.25) is 0 Å². The fourth-order valence-corrected chi connectivity index (χ4v) is 3.03. The molecular weight excluding hydrogens is 335 g/mol. The van der Waals surface area contributed by atoms with Crippen LogP contribution in [-0.4, -0.2) is 11.1 Å². The molecule has 0 fully saturated rings. The Labute approximate surface area is 121 Å². The second-order valence-corrected chi connectivity index (χ2v) is 5.59. The molecule has 0 saturated carbocycles. The van der Waals surface area contributed by atoms with Crippen LogP contribution in [0.3, 0.4) is 0 Å². The zero-order valence-electron chi connectivity index (χ0n) is 9.61. The molecule has 4 nitrogen and oxygen atoms in total. The lowest BCUT2D eigenvalue weighted by molar-refractivity contribution is 0.0698. The first kappa shape index (κ1) is 13.8. The van der Waals surface area contributed by atoms with Crippen LogP contribution in [0.2, 0.25) is 0 Å². The van der Waals surface area contributed by atoms with Gasteiger partial charge in [-0.05, 0) is 39.5 Å². The van der Waals surface area contributed by atoms with Crippen molar-refractivity contribution in [3.05, 3.63) is 44.3 Å². The molecule has 0 aliphatic rings. The predicted octanol–water partition coefficient (Wildman–Crippen LogP) is 3.54. The van der Waals surface area contributed by atoms with Crippen molar-refractivity contribution in [2.24, 2.45) is 0 Å². The first-order valence-electron chi connectivity index (χ1n) is 5.27. The molecule has 0 aliphatic carbocycles. The second-order valence-electron chi connectivity index (χ2n) is 3.73. The molecule has 0 aliphatic heterocycles. The van der Waals surface area contributed by atoms with Gasteiger partial charge in [-0.2, -0.15) is 0 Å². The predicted molar refractivity (Wildman–Crippen MR) is 77.1 cm³/mol. The van der Waals surface area contributed by atoms with Crippen molar-refractivity contribution in [2.75, 3.05) is 11.1 Å². The van der Waals surface area contributed by atoms with E-state index in [0.717, 1.165) is 15.4 Å². The average Bonchev–Trinajstić information content (AvgIpc) is 2.76. The van der Waals surface area contributed by atoms with Crippen LogP contribution < -0.4 is 11.1 Å². The number of nitrogens with two attached hydrogens (primary N) is 1. The molecule has 0 saturated heterocycles. The summed E-state index contributed by atoms with van der Waals surface area (Å²) in [6, 6.07) is 4.42. The number of halogens is 2. The fourth-order valence-electron chi connectivity index (χ4n) is 1.60.